The molecule has 4 bridgehead atoms. The van der Waals surface area contributed by atoms with Crippen LogP contribution in [0.2, 0.25) is 0 Å². The largest absolute Gasteiger partial charge is 0.388 e. The number of carbonyl (C=O) groups is 8. The Morgan fingerprint density at radius 2 is 0.771 bits per heavy atom. The van der Waals surface area contributed by atoms with Gasteiger partial charge in [0.25, 0.3) is 0 Å². The van der Waals surface area contributed by atoms with Crippen molar-refractivity contribution in [2.45, 2.75) is 192 Å². The molecule has 24 heteroatoms. The Morgan fingerprint density at radius 1 is 0.457 bits per heavy atom. The predicted molar refractivity (Wildman–Crippen MR) is 253 cm³/mol. The van der Waals surface area contributed by atoms with Crippen LogP contribution >= 0.6 is 0 Å². The minimum atomic E-state index is -1.57. The van der Waals surface area contributed by atoms with Gasteiger partial charge in [0.15, 0.2) is 0 Å². The third kappa shape index (κ3) is 17.9. The van der Waals surface area contributed by atoms with Gasteiger partial charge in [0.2, 0.25) is 47.3 Å². The number of ether oxygens (including phenoxy) is 2. The number of carbonyl (C=O) groups excluding carboxylic acids is 8. The highest BCUT2D eigenvalue weighted by Crippen LogP contribution is 2.25. The van der Waals surface area contributed by atoms with Gasteiger partial charge in [-0.15, -0.1) is 0 Å². The maximum Gasteiger partial charge on any atom is 0.243 e. The van der Waals surface area contributed by atoms with E-state index in [0.29, 0.717) is 12.8 Å². The highest BCUT2D eigenvalue weighted by Gasteiger charge is 2.46. The molecular weight excluding hydrogens is 917 g/mol. The Bertz CT molecular complexity index is 1650. The molecule has 3 aliphatic heterocycles. The zero-order valence-corrected chi connectivity index (χ0v) is 41.9. The highest BCUT2D eigenvalue weighted by atomic mass is 16.5. The smallest absolute Gasteiger partial charge is 0.243 e. The second-order valence-corrected chi connectivity index (χ2v) is 20.2. The number of aliphatic hydroxyl groups excluding tert-OH is 4. The Kier molecular flexibility index (Phi) is 24.3. The maximum absolute atomic E-state index is 13.9. The molecular formula is C46H82N10O14. The lowest BCUT2D eigenvalue weighted by Crippen LogP contribution is -2.58. The van der Waals surface area contributed by atoms with Gasteiger partial charge in [-0.3, -0.25) is 38.4 Å². The number of nitrogens with one attached hydrogen (secondary N) is 8. The molecule has 16 N–H and O–H groups in total. The average Bonchev–Trinajstić information content (AvgIpc) is 3.70. The fraction of sp³-hybridized carbons (Fsp3) is 0.826. The summed E-state index contributed by atoms with van der Waals surface area (Å²) in [6.07, 6.45) is -11.1. The SMILES string of the molecule is CC(C)C[C@@H]1NC(=O)[C@@H](CCCN)NC(=O)[C@@H](C(C)C)NC(=O)C[C@@H]2O[C@H](CNC(=O)[C@@H](CC(C)C)NC(=O)[C@@H](CCCN)NC(=O)[C@@H](C(C)C)NC(=O)C[C@@H]3O[C@H](CNC1=O)[C@@H](O)[C@H]3O)[C@@H](O)[C@H]2O. The summed E-state index contributed by atoms with van der Waals surface area (Å²) in [5, 5.41) is 65.0. The number of hydrogen-bond donors (Lipinski definition) is 14. The van der Waals surface area contributed by atoms with E-state index in [1.807, 2.05) is 27.7 Å². The maximum atomic E-state index is 13.9. The number of nitrogens with two attached hydrogens (primary N) is 2. The van der Waals surface area contributed by atoms with Crippen molar-refractivity contribution in [2.24, 2.45) is 35.1 Å². The molecule has 0 aromatic heterocycles. The van der Waals surface area contributed by atoms with Gasteiger partial charge >= 0.3 is 0 Å². The first-order chi connectivity index (χ1) is 32.9. The van der Waals surface area contributed by atoms with Crippen molar-refractivity contribution in [2.75, 3.05) is 26.2 Å². The van der Waals surface area contributed by atoms with Crippen molar-refractivity contribution < 1.29 is 68.3 Å². The summed E-state index contributed by atoms with van der Waals surface area (Å²) in [5.74, 6) is -6.94. The molecule has 14 atom stereocenters. The Morgan fingerprint density at radius 3 is 1.07 bits per heavy atom. The van der Waals surface area contributed by atoms with Crippen LogP contribution in [0.25, 0.3) is 0 Å². The van der Waals surface area contributed by atoms with Gasteiger partial charge in [-0.25, -0.2) is 0 Å². The minimum absolute atomic E-state index is 0.0677. The standard InChI is InChI=1S/C46H82N10O14/c1-21(2)15-27-41(63)49-19-31-39(61)37(59)29(69-31)17-33(57)56-36(24(7)8)46(68)52-26(12-10-14-48)44(66)54-28(16-22(3)4)42(64)50-20-32-40(62)38(60)30(70-32)18-34(58)55-35(23(5)6)45(67)51-25(11-9-13-47)43(65)53-27/h21-32,35-40,59-62H,9-20,47-48H2,1-8H3,(H,49,63)(H,50,64)(H,51,67)(H,52,68)(H,53,65)(H,54,66)(H,55,58)(H,56,57)/t25-,26-,27-,28+,29+,30+,31-,32-,35-,36-,37+,38+,39-,40-/m1/s1. The van der Waals surface area contributed by atoms with Gasteiger partial charge in [0, 0.05) is 13.1 Å². The summed E-state index contributed by atoms with van der Waals surface area (Å²) in [7, 11) is 0. The minimum Gasteiger partial charge on any atom is -0.388 e. The lowest BCUT2D eigenvalue weighted by Gasteiger charge is -2.28. The molecule has 0 unspecified atom stereocenters. The zero-order chi connectivity index (χ0) is 52.6. The van der Waals surface area contributed by atoms with Crippen LogP contribution in [-0.4, -0.2) is 179 Å². The van der Waals surface area contributed by atoms with E-state index in [1.165, 1.54) is 0 Å². The van der Waals surface area contributed by atoms with Gasteiger partial charge in [0.05, 0.1) is 25.0 Å². The fourth-order valence-electron chi connectivity index (χ4n) is 8.53. The van der Waals surface area contributed by atoms with Crippen LogP contribution in [0.1, 0.15) is 107 Å². The molecule has 0 aliphatic carbocycles. The molecule has 8 amide bonds. The monoisotopic (exact) mass is 999 g/mol. The first kappa shape index (κ1) is 59.7. The molecule has 3 fully saturated rings. The second kappa shape index (κ2) is 28.5. The molecule has 70 heavy (non-hydrogen) atoms. The summed E-state index contributed by atoms with van der Waals surface area (Å²) < 4.78 is 11.7. The Hall–Kier alpha value is -4.56. The molecule has 400 valence electrons. The van der Waals surface area contributed by atoms with E-state index in [9.17, 15) is 58.8 Å². The lowest BCUT2D eigenvalue weighted by molar-refractivity contribution is -0.135. The van der Waals surface area contributed by atoms with Crippen LogP contribution in [-0.2, 0) is 47.8 Å². The number of aliphatic hydroxyl groups is 4. The van der Waals surface area contributed by atoms with E-state index in [1.54, 1.807) is 27.7 Å². The van der Waals surface area contributed by atoms with Crippen molar-refractivity contribution in [3.05, 3.63) is 0 Å². The first-order valence-corrected chi connectivity index (χ1v) is 24.7. The first-order valence-electron chi connectivity index (χ1n) is 24.7. The molecule has 3 heterocycles. The number of hydrogen-bond acceptors (Lipinski definition) is 16. The van der Waals surface area contributed by atoms with Crippen LogP contribution in [0.4, 0.5) is 0 Å². The average molecular weight is 999 g/mol. The normalized spacial score (nSPS) is 33.3. The van der Waals surface area contributed by atoms with Crippen LogP contribution in [0, 0.1) is 23.7 Å². The van der Waals surface area contributed by atoms with E-state index >= 15 is 0 Å². The predicted octanol–water partition coefficient (Wildman–Crippen LogP) is -4.22. The Balaban J connectivity index is 1.98. The molecule has 0 saturated carbocycles. The second-order valence-electron chi connectivity index (χ2n) is 20.2. The summed E-state index contributed by atoms with van der Waals surface area (Å²) in [4.78, 5) is 110. The molecule has 0 spiro atoms. The van der Waals surface area contributed by atoms with Gasteiger partial charge in [0.1, 0.15) is 72.9 Å². The van der Waals surface area contributed by atoms with Gasteiger partial charge in [-0.2, -0.15) is 0 Å². The van der Waals surface area contributed by atoms with Crippen LogP contribution in [0.5, 0.6) is 0 Å². The van der Waals surface area contributed by atoms with E-state index < -0.39 is 157 Å². The fourth-order valence-corrected chi connectivity index (χ4v) is 8.53. The molecule has 0 aromatic carbocycles. The molecule has 3 rings (SSSR count). The number of fused-ring (bicyclic) bond motifs is 4. The van der Waals surface area contributed by atoms with E-state index in [-0.39, 0.29) is 63.7 Å². The van der Waals surface area contributed by atoms with Gasteiger partial charge < -0.3 is 83.9 Å². The van der Waals surface area contributed by atoms with Crippen molar-refractivity contribution in [3.8, 4) is 0 Å². The van der Waals surface area contributed by atoms with E-state index in [4.69, 9.17) is 20.9 Å². The molecule has 24 nitrogen and oxygen atoms in total. The van der Waals surface area contributed by atoms with Crippen molar-refractivity contribution in [1.82, 2.24) is 42.5 Å². The van der Waals surface area contributed by atoms with E-state index in [2.05, 4.69) is 42.5 Å². The summed E-state index contributed by atoms with van der Waals surface area (Å²) in [6.45, 7) is 13.6. The number of rotatable bonds is 12. The quantitative estimate of drug-likeness (QED) is 0.0881. The highest BCUT2D eigenvalue weighted by molar-refractivity contribution is 5.95. The van der Waals surface area contributed by atoms with Crippen LogP contribution in [0.15, 0.2) is 0 Å². The zero-order valence-electron chi connectivity index (χ0n) is 41.9. The van der Waals surface area contributed by atoms with E-state index in [0.717, 1.165) is 0 Å². The van der Waals surface area contributed by atoms with Gasteiger partial charge in [-0.05, 0) is 75.3 Å². The third-order valence-corrected chi connectivity index (χ3v) is 12.5. The van der Waals surface area contributed by atoms with Gasteiger partial charge in [-0.1, -0.05) is 55.4 Å². The molecule has 3 aliphatic rings. The molecule has 3 saturated heterocycles. The summed E-state index contributed by atoms with van der Waals surface area (Å²) in [5.41, 5.74) is 11.5. The molecule has 0 radical (unpaired) electrons. The topological polar surface area (TPSA) is 384 Å². The summed E-state index contributed by atoms with van der Waals surface area (Å²) >= 11 is 0. The summed E-state index contributed by atoms with van der Waals surface area (Å²) in [6, 6.07) is -7.08. The molecule has 0 aromatic rings. The Labute approximate surface area is 410 Å². The van der Waals surface area contributed by atoms with Crippen molar-refractivity contribution >= 4 is 47.3 Å². The van der Waals surface area contributed by atoms with Crippen LogP contribution < -0.4 is 54.0 Å². The van der Waals surface area contributed by atoms with Crippen molar-refractivity contribution in [3.63, 3.8) is 0 Å². The third-order valence-electron chi connectivity index (χ3n) is 12.5. The van der Waals surface area contributed by atoms with Crippen LogP contribution in [0.3, 0.4) is 0 Å². The van der Waals surface area contributed by atoms with Crippen molar-refractivity contribution in [1.29, 1.82) is 0 Å². The number of amides is 8. The lowest BCUT2D eigenvalue weighted by atomic mass is 9.99.